The van der Waals surface area contributed by atoms with Gasteiger partial charge < -0.3 is 0 Å². The molecular weight excluding hydrogens is 310 g/mol. The van der Waals surface area contributed by atoms with Crippen molar-refractivity contribution >= 4 is 34.2 Å². The Morgan fingerprint density at radius 3 is 2.81 bits per heavy atom. The molecule has 0 amide bonds. The maximum absolute atomic E-state index is 14.2. The van der Waals surface area contributed by atoms with Crippen LogP contribution < -0.4 is 0 Å². The van der Waals surface area contributed by atoms with Crippen molar-refractivity contribution in [3.63, 3.8) is 0 Å². The first-order chi connectivity index (χ1) is 10.1. The highest BCUT2D eigenvalue weighted by atomic mass is 35.5. The number of rotatable bonds is 3. The molecule has 0 aliphatic rings. The first kappa shape index (κ1) is 14.4. The van der Waals surface area contributed by atoms with E-state index in [1.807, 2.05) is 25.1 Å². The molecule has 3 aromatic rings. The molecule has 2 nitrogen and oxygen atoms in total. The lowest BCUT2D eigenvalue weighted by Crippen LogP contribution is -2.04. The number of aromatic nitrogens is 2. The van der Waals surface area contributed by atoms with Crippen molar-refractivity contribution in [2.24, 2.45) is 0 Å². The molecule has 0 radical (unpaired) electrons. The molecule has 0 aliphatic carbocycles. The summed E-state index contributed by atoms with van der Waals surface area (Å²) in [4.78, 5) is 4.62. The molecule has 0 saturated carbocycles. The highest BCUT2D eigenvalue weighted by molar-refractivity contribution is 6.30. The lowest BCUT2D eigenvalue weighted by molar-refractivity contribution is 0.617. The van der Waals surface area contributed by atoms with Gasteiger partial charge in [-0.3, -0.25) is 4.57 Å². The van der Waals surface area contributed by atoms with Gasteiger partial charge >= 0.3 is 0 Å². The Bertz CT molecular complexity index is 811. The highest BCUT2D eigenvalue weighted by Gasteiger charge is 2.16. The largest absolute Gasteiger partial charge is 0.293 e. The number of para-hydroxylation sites is 1. The van der Waals surface area contributed by atoms with Gasteiger partial charge in [0.15, 0.2) is 0 Å². The zero-order chi connectivity index (χ0) is 15.0. The molecule has 0 fully saturated rings. The van der Waals surface area contributed by atoms with E-state index in [-0.39, 0.29) is 5.82 Å². The third-order valence-electron chi connectivity index (χ3n) is 3.42. The number of hydrogen-bond acceptors (Lipinski definition) is 1. The summed E-state index contributed by atoms with van der Waals surface area (Å²) in [6.07, 6.45) is 0.557. The third kappa shape index (κ3) is 2.52. The van der Waals surface area contributed by atoms with E-state index in [0.29, 0.717) is 23.0 Å². The number of imidazole rings is 1. The summed E-state index contributed by atoms with van der Waals surface area (Å²) in [7, 11) is 0. The Balaban J connectivity index is 2.36. The second-order valence-electron chi connectivity index (χ2n) is 4.84. The summed E-state index contributed by atoms with van der Waals surface area (Å²) in [6.45, 7) is 1.98. The summed E-state index contributed by atoms with van der Waals surface area (Å²) < 4.78 is 16.0. The monoisotopic (exact) mass is 322 g/mol. The van der Waals surface area contributed by atoms with E-state index < -0.39 is 0 Å². The fourth-order valence-corrected chi connectivity index (χ4v) is 2.80. The normalized spacial score (nSPS) is 11.2. The lowest BCUT2D eigenvalue weighted by Gasteiger charge is -2.10. The topological polar surface area (TPSA) is 17.8 Å². The quantitative estimate of drug-likeness (QED) is 0.626. The van der Waals surface area contributed by atoms with E-state index in [4.69, 9.17) is 23.2 Å². The van der Waals surface area contributed by atoms with Gasteiger partial charge in [0.25, 0.3) is 0 Å². The first-order valence-electron chi connectivity index (χ1n) is 6.60. The second kappa shape index (κ2) is 5.66. The molecule has 2 aromatic carbocycles. The van der Waals surface area contributed by atoms with Gasteiger partial charge in [0, 0.05) is 17.3 Å². The second-order valence-corrected chi connectivity index (χ2v) is 5.66. The zero-order valence-corrected chi connectivity index (χ0v) is 12.9. The van der Waals surface area contributed by atoms with Crippen LogP contribution in [0.25, 0.3) is 16.7 Å². The number of hydrogen-bond donors (Lipinski definition) is 0. The van der Waals surface area contributed by atoms with Gasteiger partial charge in [-0.2, -0.15) is 0 Å². The molecule has 5 heteroatoms. The molecule has 3 rings (SSSR count). The van der Waals surface area contributed by atoms with Crippen LogP contribution in [-0.4, -0.2) is 15.4 Å². The molecule has 0 unspecified atom stereocenters. The highest BCUT2D eigenvalue weighted by Crippen LogP contribution is 2.27. The van der Waals surface area contributed by atoms with Crippen LogP contribution in [0, 0.1) is 12.7 Å². The van der Waals surface area contributed by atoms with Crippen LogP contribution in [0.5, 0.6) is 0 Å². The predicted molar refractivity (Wildman–Crippen MR) is 85.2 cm³/mol. The fourth-order valence-electron chi connectivity index (χ4n) is 2.47. The minimum absolute atomic E-state index is 0.337. The van der Waals surface area contributed by atoms with E-state index in [1.165, 1.54) is 12.1 Å². The summed E-state index contributed by atoms with van der Waals surface area (Å²) in [5.74, 6) is 0.816. The van der Waals surface area contributed by atoms with Crippen LogP contribution in [0.2, 0.25) is 5.02 Å². The van der Waals surface area contributed by atoms with Crippen LogP contribution in [0.15, 0.2) is 36.4 Å². The molecule has 1 aromatic heterocycles. The van der Waals surface area contributed by atoms with Gasteiger partial charge in [-0.25, -0.2) is 9.37 Å². The van der Waals surface area contributed by atoms with E-state index in [9.17, 15) is 4.39 Å². The third-order valence-corrected chi connectivity index (χ3v) is 3.85. The van der Waals surface area contributed by atoms with Gasteiger partial charge in [0.2, 0.25) is 0 Å². The van der Waals surface area contributed by atoms with Crippen molar-refractivity contribution in [3.8, 4) is 5.69 Å². The number of nitrogens with zero attached hydrogens (tertiary/aromatic N) is 2. The molecule has 1 heterocycles. The molecule has 108 valence electrons. The fraction of sp³-hybridized carbons (Fsp3) is 0.188. The molecule has 0 atom stereocenters. The van der Waals surface area contributed by atoms with Gasteiger partial charge in [-0.1, -0.05) is 23.7 Å². The van der Waals surface area contributed by atoms with E-state index in [0.717, 1.165) is 22.4 Å². The zero-order valence-electron chi connectivity index (χ0n) is 11.4. The summed E-state index contributed by atoms with van der Waals surface area (Å²) in [6, 6.07) is 10.3. The van der Waals surface area contributed by atoms with Gasteiger partial charge in [0.05, 0.1) is 16.7 Å². The Labute approximate surface area is 132 Å². The Morgan fingerprint density at radius 1 is 1.24 bits per heavy atom. The van der Waals surface area contributed by atoms with Crippen molar-refractivity contribution < 1.29 is 4.39 Å². The number of benzene rings is 2. The minimum atomic E-state index is -0.337. The minimum Gasteiger partial charge on any atom is -0.293 e. The molecule has 0 spiro atoms. The number of aryl methyl sites for hydroxylation is 2. The summed E-state index contributed by atoms with van der Waals surface area (Å²) in [5.41, 5.74) is 3.16. The average Bonchev–Trinajstić information content (AvgIpc) is 2.82. The number of alkyl halides is 1. The van der Waals surface area contributed by atoms with Crippen molar-refractivity contribution in [1.29, 1.82) is 0 Å². The first-order valence-corrected chi connectivity index (χ1v) is 7.51. The van der Waals surface area contributed by atoms with Crippen LogP contribution in [0.1, 0.15) is 11.4 Å². The maximum atomic E-state index is 14.2. The van der Waals surface area contributed by atoms with Crippen molar-refractivity contribution in [1.82, 2.24) is 9.55 Å². The Kier molecular flexibility index (Phi) is 3.87. The Morgan fingerprint density at radius 2 is 2.05 bits per heavy atom. The molecule has 0 saturated heterocycles. The van der Waals surface area contributed by atoms with E-state index in [1.54, 1.807) is 10.6 Å². The van der Waals surface area contributed by atoms with Crippen LogP contribution in [0.3, 0.4) is 0 Å². The molecule has 0 bridgehead atoms. The maximum Gasteiger partial charge on any atom is 0.147 e. The Hall–Kier alpha value is -1.58. The molecule has 0 N–H and O–H groups in total. The standard InChI is InChI=1S/C16H13Cl2FN2/c1-10-3-2-4-13-16(10)20-15(7-8-17)21(13)14-9-11(18)5-6-12(14)19/h2-6,9H,7-8H2,1H3. The van der Waals surface area contributed by atoms with Crippen LogP contribution >= 0.6 is 23.2 Å². The summed E-state index contributed by atoms with van der Waals surface area (Å²) in [5, 5.41) is 0.484. The van der Waals surface area contributed by atoms with Crippen LogP contribution in [-0.2, 0) is 6.42 Å². The average molecular weight is 323 g/mol. The van der Waals surface area contributed by atoms with Gasteiger partial charge in [0.1, 0.15) is 11.6 Å². The number of halogens is 3. The summed E-state index contributed by atoms with van der Waals surface area (Å²) >= 11 is 11.9. The molecule has 21 heavy (non-hydrogen) atoms. The lowest BCUT2D eigenvalue weighted by atomic mass is 10.2. The van der Waals surface area contributed by atoms with E-state index in [2.05, 4.69) is 4.98 Å². The predicted octanol–water partition coefficient (Wildman–Crippen LogP) is 4.91. The molecule has 0 aliphatic heterocycles. The SMILES string of the molecule is Cc1cccc2c1nc(CCCl)n2-c1cc(Cl)ccc1F. The van der Waals surface area contributed by atoms with Crippen LogP contribution in [0.4, 0.5) is 4.39 Å². The van der Waals surface area contributed by atoms with Gasteiger partial charge in [-0.05, 0) is 36.8 Å². The van der Waals surface area contributed by atoms with Crippen molar-refractivity contribution in [2.45, 2.75) is 13.3 Å². The van der Waals surface area contributed by atoms with E-state index >= 15 is 0 Å². The van der Waals surface area contributed by atoms with Gasteiger partial charge in [-0.15, -0.1) is 11.6 Å². The van der Waals surface area contributed by atoms with Crippen molar-refractivity contribution in [3.05, 3.63) is 58.6 Å². The smallest absolute Gasteiger partial charge is 0.147 e. The number of fused-ring (bicyclic) bond motifs is 1. The molecular formula is C16H13Cl2FN2. The van der Waals surface area contributed by atoms with Crippen molar-refractivity contribution in [2.75, 3.05) is 5.88 Å².